The fourth-order valence-electron chi connectivity index (χ4n) is 4.21. The van der Waals surface area contributed by atoms with Crippen molar-refractivity contribution in [3.05, 3.63) is 52.0 Å². The molecule has 7 nitrogen and oxygen atoms in total. The van der Waals surface area contributed by atoms with Gasteiger partial charge in [0.25, 0.3) is 10.0 Å². The molecule has 0 atom stereocenters. The van der Waals surface area contributed by atoms with Crippen molar-refractivity contribution in [1.82, 2.24) is 14.5 Å². The van der Waals surface area contributed by atoms with Gasteiger partial charge in [0.2, 0.25) is 0 Å². The van der Waals surface area contributed by atoms with Gasteiger partial charge in [-0.3, -0.25) is 4.72 Å². The van der Waals surface area contributed by atoms with Crippen molar-refractivity contribution in [2.45, 2.75) is 35.9 Å². The van der Waals surface area contributed by atoms with Crippen LogP contribution in [0.3, 0.4) is 0 Å². The predicted molar refractivity (Wildman–Crippen MR) is 130 cm³/mol. The number of sulfonamides is 1. The topological polar surface area (TPSA) is 103 Å². The van der Waals surface area contributed by atoms with Gasteiger partial charge in [-0.2, -0.15) is 0 Å². The maximum Gasteiger partial charge on any atom is 0.271 e. The molecule has 1 fully saturated rings. The zero-order valence-corrected chi connectivity index (χ0v) is 20.2. The fraction of sp³-hybridized carbons (Fsp3) is 0.238. The number of hydrogen-bond acceptors (Lipinski definition) is 6. The van der Waals surface area contributed by atoms with Gasteiger partial charge in [-0.15, -0.1) is 11.3 Å². The van der Waals surface area contributed by atoms with E-state index < -0.39 is 15.8 Å². The lowest BCUT2D eigenvalue weighted by molar-refractivity contribution is 0.532. The van der Waals surface area contributed by atoms with E-state index in [-0.39, 0.29) is 19.3 Å². The highest BCUT2D eigenvalue weighted by Crippen LogP contribution is 2.40. The molecule has 12 heteroatoms. The molecule has 0 unspecified atom stereocenters. The summed E-state index contributed by atoms with van der Waals surface area (Å²) in [7, 11) is -4.05. The van der Waals surface area contributed by atoms with Gasteiger partial charge < -0.3 is 10.3 Å². The standard InChI is InChI=1S/C21H18Cl2FN5O2S2/c22-14-8-17(32-19(14)23)33(30,31)28-16-6-5-11(7-15(16)24)13-9-29(12-3-1-2-4-12)21-18(13)20(25)26-10-27-21/h5-10,12,28H,1-4H2,(H2,25,26,27). The Labute approximate surface area is 203 Å². The number of thiophene rings is 1. The number of nitrogens with two attached hydrogens (primary N) is 1. The van der Waals surface area contributed by atoms with Crippen LogP contribution < -0.4 is 10.5 Å². The van der Waals surface area contributed by atoms with Crippen molar-refractivity contribution in [2.24, 2.45) is 0 Å². The molecule has 0 bridgehead atoms. The maximum absolute atomic E-state index is 15.0. The number of nitrogen functional groups attached to an aromatic ring is 1. The monoisotopic (exact) mass is 525 g/mol. The van der Waals surface area contributed by atoms with Crippen LogP contribution in [0.15, 0.2) is 41.0 Å². The van der Waals surface area contributed by atoms with Crippen LogP contribution in [-0.4, -0.2) is 23.0 Å². The molecule has 0 aliphatic heterocycles. The minimum Gasteiger partial charge on any atom is -0.383 e. The second-order valence-corrected chi connectivity index (χ2v) is 11.8. The summed E-state index contributed by atoms with van der Waals surface area (Å²) in [5.41, 5.74) is 7.92. The SMILES string of the molecule is Nc1ncnc2c1c(-c1ccc(NS(=O)(=O)c3cc(Cl)c(Cl)s3)c(F)c1)cn2C1CCCC1. The molecule has 33 heavy (non-hydrogen) atoms. The van der Waals surface area contributed by atoms with E-state index in [1.807, 2.05) is 6.20 Å². The summed E-state index contributed by atoms with van der Waals surface area (Å²) in [5, 5.41) is 0.774. The quantitative estimate of drug-likeness (QED) is 0.327. The summed E-state index contributed by atoms with van der Waals surface area (Å²) in [6.45, 7) is 0. The summed E-state index contributed by atoms with van der Waals surface area (Å²) in [5.74, 6) is -0.426. The Morgan fingerprint density at radius 3 is 2.61 bits per heavy atom. The summed E-state index contributed by atoms with van der Waals surface area (Å²) in [6, 6.07) is 5.81. The highest BCUT2D eigenvalue weighted by atomic mass is 35.5. The molecule has 5 rings (SSSR count). The molecule has 1 aliphatic carbocycles. The van der Waals surface area contributed by atoms with Crippen LogP contribution in [0.25, 0.3) is 22.2 Å². The molecular weight excluding hydrogens is 508 g/mol. The molecule has 0 saturated heterocycles. The Bertz CT molecular complexity index is 1460. The summed E-state index contributed by atoms with van der Waals surface area (Å²) >= 11 is 12.5. The van der Waals surface area contributed by atoms with Crippen LogP contribution in [0.2, 0.25) is 9.36 Å². The molecule has 1 aromatic carbocycles. The minimum absolute atomic E-state index is 0.106. The third-order valence-electron chi connectivity index (χ3n) is 5.77. The molecule has 3 aromatic heterocycles. The maximum atomic E-state index is 15.0. The average molecular weight is 526 g/mol. The van der Waals surface area contributed by atoms with Crippen molar-refractivity contribution in [3.8, 4) is 11.1 Å². The van der Waals surface area contributed by atoms with E-state index in [0.29, 0.717) is 34.0 Å². The predicted octanol–water partition coefficient (Wildman–Crippen LogP) is 6.10. The Morgan fingerprint density at radius 1 is 1.18 bits per heavy atom. The average Bonchev–Trinajstić information content (AvgIpc) is 3.49. The zero-order chi connectivity index (χ0) is 23.3. The van der Waals surface area contributed by atoms with Crippen molar-refractivity contribution < 1.29 is 12.8 Å². The second-order valence-electron chi connectivity index (χ2n) is 7.83. The normalized spacial score (nSPS) is 14.9. The molecule has 0 amide bonds. The number of nitrogens with one attached hydrogen (secondary N) is 1. The number of aromatic nitrogens is 3. The van der Waals surface area contributed by atoms with Gasteiger partial charge >= 0.3 is 0 Å². The van der Waals surface area contributed by atoms with Crippen LogP contribution >= 0.6 is 34.5 Å². The van der Waals surface area contributed by atoms with Gasteiger partial charge in [0.1, 0.15) is 32.2 Å². The molecule has 0 radical (unpaired) electrons. The van der Waals surface area contributed by atoms with E-state index in [1.165, 1.54) is 24.5 Å². The smallest absolute Gasteiger partial charge is 0.271 e. The van der Waals surface area contributed by atoms with Gasteiger partial charge in [0, 0.05) is 17.8 Å². The third kappa shape index (κ3) is 4.05. The molecular formula is C21H18Cl2FN5O2S2. The number of anilines is 2. The van der Waals surface area contributed by atoms with E-state index in [2.05, 4.69) is 19.3 Å². The Hall–Kier alpha value is -2.40. The zero-order valence-electron chi connectivity index (χ0n) is 17.1. The molecule has 172 valence electrons. The highest BCUT2D eigenvalue weighted by molar-refractivity contribution is 7.94. The van der Waals surface area contributed by atoms with Crippen molar-refractivity contribution in [2.75, 3.05) is 10.5 Å². The summed E-state index contributed by atoms with van der Waals surface area (Å²) in [4.78, 5) is 8.54. The molecule has 0 spiro atoms. The Morgan fingerprint density at radius 2 is 1.94 bits per heavy atom. The molecule has 3 N–H and O–H groups in total. The van der Waals surface area contributed by atoms with Crippen molar-refractivity contribution in [1.29, 1.82) is 0 Å². The number of hydrogen-bond donors (Lipinski definition) is 2. The number of halogens is 3. The molecule has 3 heterocycles. The lowest BCUT2D eigenvalue weighted by Crippen LogP contribution is -2.12. The summed E-state index contributed by atoms with van der Waals surface area (Å²) < 4.78 is 44.7. The molecule has 4 aromatic rings. The second kappa shape index (κ2) is 8.43. The molecule has 1 saturated carbocycles. The van der Waals surface area contributed by atoms with Crippen LogP contribution in [-0.2, 0) is 10.0 Å². The number of fused-ring (bicyclic) bond motifs is 1. The molecule has 1 aliphatic rings. The van der Waals surface area contributed by atoms with E-state index in [4.69, 9.17) is 28.9 Å². The first-order chi connectivity index (χ1) is 15.7. The van der Waals surface area contributed by atoms with E-state index in [1.54, 1.807) is 6.07 Å². The van der Waals surface area contributed by atoms with Crippen LogP contribution in [0, 0.1) is 5.82 Å². The first kappa shape index (κ1) is 22.4. The Kier molecular flexibility index (Phi) is 5.72. The van der Waals surface area contributed by atoms with Crippen molar-refractivity contribution >= 4 is 67.1 Å². The van der Waals surface area contributed by atoms with Crippen molar-refractivity contribution in [3.63, 3.8) is 0 Å². The van der Waals surface area contributed by atoms with Gasteiger partial charge in [0.15, 0.2) is 0 Å². The first-order valence-corrected chi connectivity index (χ1v) is 13.2. The first-order valence-electron chi connectivity index (χ1n) is 10.1. The largest absolute Gasteiger partial charge is 0.383 e. The van der Waals surface area contributed by atoms with Crippen LogP contribution in [0.5, 0.6) is 0 Å². The Balaban J connectivity index is 1.53. The van der Waals surface area contributed by atoms with Crippen LogP contribution in [0.4, 0.5) is 15.9 Å². The number of benzene rings is 1. The summed E-state index contributed by atoms with van der Waals surface area (Å²) in [6.07, 6.45) is 7.72. The number of rotatable bonds is 5. The van der Waals surface area contributed by atoms with E-state index >= 15 is 4.39 Å². The van der Waals surface area contributed by atoms with Gasteiger partial charge in [-0.05, 0) is 36.6 Å². The van der Waals surface area contributed by atoms with Crippen LogP contribution in [0.1, 0.15) is 31.7 Å². The lowest BCUT2D eigenvalue weighted by Gasteiger charge is -2.12. The minimum atomic E-state index is -4.05. The lowest BCUT2D eigenvalue weighted by atomic mass is 10.1. The fourth-order valence-corrected chi connectivity index (χ4v) is 7.16. The van der Waals surface area contributed by atoms with E-state index in [0.717, 1.165) is 37.0 Å². The third-order valence-corrected chi connectivity index (χ3v) is 9.47. The van der Waals surface area contributed by atoms with Gasteiger partial charge in [-0.25, -0.2) is 22.8 Å². The van der Waals surface area contributed by atoms with Gasteiger partial charge in [-0.1, -0.05) is 42.1 Å². The number of nitrogens with zero attached hydrogens (tertiary/aromatic N) is 3. The van der Waals surface area contributed by atoms with Gasteiger partial charge in [0.05, 0.1) is 16.1 Å². The highest BCUT2D eigenvalue weighted by Gasteiger charge is 2.24. The van der Waals surface area contributed by atoms with E-state index in [9.17, 15) is 8.42 Å².